The standard InChI is InChI=1S/C14H19BN2O3/c1-13(2)14(3,4)20-15(19-13)10-8-12(18-5)11-6-7-16-17(11)9-10/h6-9H,1-5H3. The second-order valence-electron chi connectivity index (χ2n) is 6.09. The third-order valence-corrected chi connectivity index (χ3v) is 4.24. The van der Waals surface area contributed by atoms with Crippen LogP contribution in [0, 0.1) is 0 Å². The lowest BCUT2D eigenvalue weighted by molar-refractivity contribution is 0.00578. The van der Waals surface area contributed by atoms with Gasteiger partial charge in [-0.25, -0.2) is 4.52 Å². The molecule has 1 fully saturated rings. The van der Waals surface area contributed by atoms with Crippen LogP contribution in [0.25, 0.3) is 5.52 Å². The van der Waals surface area contributed by atoms with Gasteiger partial charge in [-0.05, 0) is 39.8 Å². The Kier molecular flexibility index (Phi) is 2.85. The summed E-state index contributed by atoms with van der Waals surface area (Å²) >= 11 is 0. The molecule has 0 aliphatic carbocycles. The van der Waals surface area contributed by atoms with E-state index in [0.29, 0.717) is 0 Å². The second-order valence-corrected chi connectivity index (χ2v) is 6.09. The van der Waals surface area contributed by atoms with Crippen LogP contribution in [-0.2, 0) is 9.31 Å². The number of nitrogens with zero attached hydrogens (tertiary/aromatic N) is 2. The molecule has 0 amide bonds. The predicted octanol–water partition coefficient (Wildman–Crippen LogP) is 1.64. The molecule has 3 heterocycles. The van der Waals surface area contributed by atoms with Crippen molar-refractivity contribution in [3.05, 3.63) is 24.5 Å². The van der Waals surface area contributed by atoms with E-state index < -0.39 is 7.12 Å². The van der Waals surface area contributed by atoms with Crippen molar-refractivity contribution in [3.8, 4) is 5.75 Å². The number of pyridine rings is 1. The van der Waals surface area contributed by atoms with E-state index >= 15 is 0 Å². The number of hydrogen-bond donors (Lipinski definition) is 0. The average Bonchev–Trinajstić information content (AvgIpc) is 2.91. The maximum absolute atomic E-state index is 6.06. The molecule has 106 valence electrons. The summed E-state index contributed by atoms with van der Waals surface area (Å²) in [5, 5.41) is 4.26. The van der Waals surface area contributed by atoms with Crippen molar-refractivity contribution >= 4 is 18.1 Å². The maximum atomic E-state index is 6.06. The highest BCUT2D eigenvalue weighted by atomic mass is 16.7. The zero-order chi connectivity index (χ0) is 14.5. The van der Waals surface area contributed by atoms with Gasteiger partial charge in [-0.3, -0.25) is 0 Å². The molecule has 1 aliphatic rings. The van der Waals surface area contributed by atoms with Crippen LogP contribution in [0.15, 0.2) is 24.5 Å². The fourth-order valence-corrected chi connectivity index (χ4v) is 2.29. The molecule has 6 heteroatoms. The van der Waals surface area contributed by atoms with Gasteiger partial charge in [-0.15, -0.1) is 0 Å². The summed E-state index contributed by atoms with van der Waals surface area (Å²) in [5.41, 5.74) is 1.11. The molecule has 0 saturated carbocycles. The summed E-state index contributed by atoms with van der Waals surface area (Å²) in [6.07, 6.45) is 3.66. The summed E-state index contributed by atoms with van der Waals surface area (Å²) in [7, 11) is 1.23. The van der Waals surface area contributed by atoms with Gasteiger partial charge in [0.15, 0.2) is 0 Å². The summed E-state index contributed by atoms with van der Waals surface area (Å²) in [6, 6.07) is 3.85. The molecule has 0 spiro atoms. The molecule has 0 aromatic carbocycles. The van der Waals surface area contributed by atoms with Gasteiger partial charge in [0.05, 0.1) is 24.5 Å². The number of aromatic nitrogens is 2. The first-order valence-corrected chi connectivity index (χ1v) is 6.71. The van der Waals surface area contributed by atoms with Crippen LogP contribution >= 0.6 is 0 Å². The van der Waals surface area contributed by atoms with Crippen molar-refractivity contribution in [1.29, 1.82) is 0 Å². The van der Waals surface area contributed by atoms with Crippen LogP contribution in [-0.4, -0.2) is 35.0 Å². The number of hydrogen-bond acceptors (Lipinski definition) is 4. The molecule has 0 radical (unpaired) electrons. The van der Waals surface area contributed by atoms with Gasteiger partial charge in [-0.1, -0.05) is 0 Å². The molecular weight excluding hydrogens is 255 g/mol. The van der Waals surface area contributed by atoms with Crippen molar-refractivity contribution in [2.45, 2.75) is 38.9 Å². The Bertz CT molecular complexity index is 635. The third-order valence-electron chi connectivity index (χ3n) is 4.24. The van der Waals surface area contributed by atoms with E-state index in [1.54, 1.807) is 17.8 Å². The van der Waals surface area contributed by atoms with Gasteiger partial charge >= 0.3 is 7.12 Å². The van der Waals surface area contributed by atoms with Crippen LogP contribution in [0.4, 0.5) is 0 Å². The van der Waals surface area contributed by atoms with E-state index in [0.717, 1.165) is 16.7 Å². The van der Waals surface area contributed by atoms with E-state index in [4.69, 9.17) is 14.0 Å². The number of methoxy groups -OCH3 is 1. The Morgan fingerprint density at radius 2 is 1.85 bits per heavy atom. The first kappa shape index (κ1) is 13.5. The summed E-state index contributed by atoms with van der Waals surface area (Å²) < 4.78 is 19.3. The monoisotopic (exact) mass is 274 g/mol. The van der Waals surface area contributed by atoms with Crippen LogP contribution in [0.1, 0.15) is 27.7 Å². The van der Waals surface area contributed by atoms with Gasteiger partial charge in [0, 0.05) is 11.7 Å². The predicted molar refractivity (Wildman–Crippen MR) is 77.5 cm³/mol. The van der Waals surface area contributed by atoms with Crippen LogP contribution in [0.3, 0.4) is 0 Å². The van der Waals surface area contributed by atoms with Crippen molar-refractivity contribution in [2.75, 3.05) is 7.11 Å². The summed E-state index contributed by atoms with van der Waals surface area (Å²) in [5.74, 6) is 0.759. The highest BCUT2D eigenvalue weighted by molar-refractivity contribution is 6.62. The second kappa shape index (κ2) is 4.23. The minimum Gasteiger partial charge on any atom is -0.495 e. The van der Waals surface area contributed by atoms with E-state index in [9.17, 15) is 0 Å². The highest BCUT2D eigenvalue weighted by Crippen LogP contribution is 2.36. The molecule has 0 unspecified atom stereocenters. The lowest BCUT2D eigenvalue weighted by atomic mass is 9.80. The molecule has 1 saturated heterocycles. The Labute approximate surface area is 119 Å². The summed E-state index contributed by atoms with van der Waals surface area (Å²) in [6.45, 7) is 8.15. The largest absolute Gasteiger partial charge is 0.496 e. The SMILES string of the molecule is COc1cc(B2OC(C)(C)C(C)(C)O2)cn2nccc12. The first-order valence-electron chi connectivity index (χ1n) is 6.71. The van der Waals surface area contributed by atoms with Crippen molar-refractivity contribution in [1.82, 2.24) is 9.61 Å². The van der Waals surface area contributed by atoms with Gasteiger partial charge in [-0.2, -0.15) is 5.10 Å². The van der Waals surface area contributed by atoms with Gasteiger partial charge < -0.3 is 14.0 Å². The molecule has 20 heavy (non-hydrogen) atoms. The number of fused-ring (bicyclic) bond motifs is 1. The van der Waals surface area contributed by atoms with E-state index in [-0.39, 0.29) is 11.2 Å². The average molecular weight is 274 g/mol. The normalized spacial score (nSPS) is 20.6. The topological polar surface area (TPSA) is 45.0 Å². The fourth-order valence-electron chi connectivity index (χ4n) is 2.29. The molecule has 2 aromatic heterocycles. The molecule has 0 N–H and O–H groups in total. The minimum atomic E-state index is -0.414. The Morgan fingerprint density at radius 1 is 1.20 bits per heavy atom. The van der Waals surface area contributed by atoms with Crippen molar-refractivity contribution < 1.29 is 14.0 Å². The van der Waals surface area contributed by atoms with Crippen LogP contribution < -0.4 is 10.2 Å². The number of ether oxygens (including phenoxy) is 1. The van der Waals surface area contributed by atoms with Crippen molar-refractivity contribution in [3.63, 3.8) is 0 Å². The molecule has 0 bridgehead atoms. The highest BCUT2D eigenvalue weighted by Gasteiger charge is 2.52. The summed E-state index contributed by atoms with van der Waals surface area (Å²) in [4.78, 5) is 0. The quantitative estimate of drug-likeness (QED) is 0.781. The smallest absolute Gasteiger partial charge is 0.495 e. The van der Waals surface area contributed by atoms with Gasteiger partial charge in [0.1, 0.15) is 11.3 Å². The molecule has 0 atom stereocenters. The molecule has 3 rings (SSSR count). The first-order chi connectivity index (χ1) is 9.34. The Hall–Kier alpha value is -1.53. The molecule has 2 aromatic rings. The molecule has 1 aliphatic heterocycles. The van der Waals surface area contributed by atoms with Crippen LogP contribution in [0.2, 0.25) is 0 Å². The van der Waals surface area contributed by atoms with Crippen LogP contribution in [0.5, 0.6) is 5.75 Å². The number of rotatable bonds is 2. The van der Waals surface area contributed by atoms with E-state index in [2.05, 4.69) is 5.10 Å². The molecular formula is C14H19BN2O3. The van der Waals surface area contributed by atoms with E-state index in [1.807, 2.05) is 46.0 Å². The zero-order valence-corrected chi connectivity index (χ0v) is 12.5. The molecule has 5 nitrogen and oxygen atoms in total. The lowest BCUT2D eigenvalue weighted by Gasteiger charge is -2.32. The Morgan fingerprint density at radius 3 is 2.45 bits per heavy atom. The van der Waals surface area contributed by atoms with Gasteiger partial charge in [0.2, 0.25) is 0 Å². The van der Waals surface area contributed by atoms with E-state index in [1.165, 1.54) is 0 Å². The zero-order valence-electron chi connectivity index (χ0n) is 12.5. The minimum absolute atomic E-state index is 0.357. The Balaban J connectivity index is 2.03. The fraction of sp³-hybridized carbons (Fsp3) is 0.500. The lowest BCUT2D eigenvalue weighted by Crippen LogP contribution is -2.41. The van der Waals surface area contributed by atoms with Crippen molar-refractivity contribution in [2.24, 2.45) is 0 Å². The third kappa shape index (κ3) is 1.91. The maximum Gasteiger partial charge on any atom is 0.496 e. The van der Waals surface area contributed by atoms with Gasteiger partial charge in [0.25, 0.3) is 0 Å².